The minimum Gasteiger partial charge on any atom is -0.396 e. The number of hydrogen-bond donors (Lipinski definition) is 3. The van der Waals surface area contributed by atoms with E-state index >= 15 is 0 Å². The van der Waals surface area contributed by atoms with Gasteiger partial charge in [-0.15, -0.1) is 0 Å². The molecule has 0 aromatic heterocycles. The lowest BCUT2D eigenvalue weighted by molar-refractivity contribution is -0.123. The number of amides is 2. The Morgan fingerprint density at radius 1 is 1.14 bits per heavy atom. The summed E-state index contributed by atoms with van der Waals surface area (Å²) in [6.07, 6.45) is 0.173. The molecule has 1 rings (SSSR count). The molecule has 21 heavy (non-hydrogen) atoms. The van der Waals surface area contributed by atoms with Crippen LogP contribution in [0.3, 0.4) is 0 Å². The first-order chi connectivity index (χ1) is 9.93. The normalized spacial score (nSPS) is 14.9. The van der Waals surface area contributed by atoms with Crippen molar-refractivity contribution in [1.29, 1.82) is 0 Å². The maximum atomic E-state index is 12.1. The molecule has 0 saturated heterocycles. The zero-order chi connectivity index (χ0) is 15.8. The van der Waals surface area contributed by atoms with E-state index in [1.54, 1.807) is 0 Å². The van der Waals surface area contributed by atoms with Gasteiger partial charge in [-0.05, 0) is 18.4 Å². The van der Waals surface area contributed by atoms with Crippen molar-refractivity contribution in [2.45, 2.75) is 39.3 Å². The summed E-state index contributed by atoms with van der Waals surface area (Å²) >= 11 is 0. The zero-order valence-electron chi connectivity index (χ0n) is 12.8. The van der Waals surface area contributed by atoms with Crippen molar-refractivity contribution in [3.63, 3.8) is 0 Å². The van der Waals surface area contributed by atoms with E-state index in [0.717, 1.165) is 5.56 Å². The van der Waals surface area contributed by atoms with Crippen LogP contribution in [0.2, 0.25) is 0 Å². The van der Waals surface area contributed by atoms with Crippen LogP contribution < -0.4 is 10.6 Å². The van der Waals surface area contributed by atoms with Crippen LogP contribution in [-0.2, 0) is 9.59 Å². The van der Waals surface area contributed by atoms with E-state index in [9.17, 15) is 9.59 Å². The summed E-state index contributed by atoms with van der Waals surface area (Å²) in [6.45, 7) is 5.18. The van der Waals surface area contributed by atoms with E-state index in [4.69, 9.17) is 5.11 Å². The Morgan fingerprint density at radius 2 is 1.76 bits per heavy atom. The minimum absolute atomic E-state index is 0.00936. The average molecular weight is 292 g/mol. The molecule has 0 aliphatic heterocycles. The number of carbonyl (C=O) groups excluding carboxylic acids is 2. The number of benzene rings is 1. The Bertz CT molecular complexity index is 462. The van der Waals surface area contributed by atoms with Gasteiger partial charge in [0.1, 0.15) is 0 Å². The van der Waals surface area contributed by atoms with E-state index in [-0.39, 0.29) is 42.8 Å². The van der Waals surface area contributed by atoms with Crippen molar-refractivity contribution < 1.29 is 14.7 Å². The lowest BCUT2D eigenvalue weighted by atomic mass is 10.0. The molecule has 0 radical (unpaired) electrons. The van der Waals surface area contributed by atoms with E-state index in [1.807, 2.05) is 44.2 Å². The Labute approximate surface area is 125 Å². The molecule has 0 aliphatic rings. The number of aliphatic hydroxyl groups is 1. The highest BCUT2D eigenvalue weighted by atomic mass is 16.3. The Hall–Kier alpha value is -1.88. The van der Waals surface area contributed by atoms with Gasteiger partial charge in [0.25, 0.3) is 0 Å². The third kappa shape index (κ3) is 5.95. The maximum absolute atomic E-state index is 12.1. The fourth-order valence-corrected chi connectivity index (χ4v) is 1.98. The number of rotatable bonds is 7. The summed E-state index contributed by atoms with van der Waals surface area (Å²) < 4.78 is 0. The van der Waals surface area contributed by atoms with Crippen LogP contribution in [0.4, 0.5) is 0 Å². The highest BCUT2D eigenvalue weighted by Crippen LogP contribution is 2.16. The van der Waals surface area contributed by atoms with Crippen LogP contribution in [0.15, 0.2) is 30.3 Å². The molecule has 5 nitrogen and oxygen atoms in total. The van der Waals surface area contributed by atoms with Gasteiger partial charge in [0.05, 0.1) is 12.5 Å². The van der Waals surface area contributed by atoms with Crippen molar-refractivity contribution in [2.24, 2.45) is 5.92 Å². The smallest absolute Gasteiger partial charge is 0.222 e. The molecule has 3 atom stereocenters. The first-order valence-electron chi connectivity index (χ1n) is 7.16. The fraction of sp³-hybridized carbons (Fsp3) is 0.500. The summed E-state index contributed by atoms with van der Waals surface area (Å²) in [4.78, 5) is 23.4. The van der Waals surface area contributed by atoms with E-state index in [0.29, 0.717) is 0 Å². The van der Waals surface area contributed by atoms with Gasteiger partial charge in [-0.3, -0.25) is 9.59 Å². The second kappa shape index (κ2) is 8.42. The number of nitrogens with one attached hydrogen (secondary N) is 2. The molecule has 0 spiro atoms. The van der Waals surface area contributed by atoms with Crippen LogP contribution in [-0.4, -0.2) is 29.6 Å². The molecule has 116 valence electrons. The van der Waals surface area contributed by atoms with Crippen LogP contribution in [0.1, 0.15) is 38.8 Å². The highest BCUT2D eigenvalue weighted by Gasteiger charge is 2.19. The molecule has 1 aromatic rings. The summed E-state index contributed by atoms with van der Waals surface area (Å²) in [6, 6.07) is 8.94. The fourth-order valence-electron chi connectivity index (χ4n) is 1.98. The molecule has 0 bridgehead atoms. The topological polar surface area (TPSA) is 78.4 Å². The van der Waals surface area contributed by atoms with E-state index in [2.05, 4.69) is 10.6 Å². The molecule has 0 saturated carbocycles. The molecule has 0 heterocycles. The minimum atomic E-state index is -0.347. The quantitative estimate of drug-likeness (QED) is 0.710. The lowest BCUT2D eigenvalue weighted by Gasteiger charge is -2.22. The van der Waals surface area contributed by atoms with Gasteiger partial charge in [-0.1, -0.05) is 37.3 Å². The van der Waals surface area contributed by atoms with Crippen LogP contribution in [0.5, 0.6) is 0 Å². The molecule has 0 fully saturated rings. The summed E-state index contributed by atoms with van der Waals surface area (Å²) in [5.41, 5.74) is 0.894. The van der Waals surface area contributed by atoms with Crippen LogP contribution in [0.25, 0.3) is 0 Å². The second-order valence-corrected chi connectivity index (χ2v) is 5.38. The largest absolute Gasteiger partial charge is 0.396 e. The van der Waals surface area contributed by atoms with Crippen LogP contribution >= 0.6 is 0 Å². The number of aliphatic hydroxyl groups excluding tert-OH is 1. The zero-order valence-corrected chi connectivity index (χ0v) is 12.8. The van der Waals surface area contributed by atoms with Gasteiger partial charge in [0.2, 0.25) is 11.8 Å². The lowest BCUT2D eigenvalue weighted by Crippen LogP contribution is -2.40. The molecule has 3 unspecified atom stereocenters. The van der Waals surface area contributed by atoms with Gasteiger partial charge < -0.3 is 15.7 Å². The molecule has 2 amide bonds. The highest BCUT2D eigenvalue weighted by molar-refractivity contribution is 5.79. The molecule has 3 N–H and O–H groups in total. The number of carbonyl (C=O) groups is 2. The van der Waals surface area contributed by atoms with Gasteiger partial charge in [0, 0.05) is 19.6 Å². The third-order valence-electron chi connectivity index (χ3n) is 3.50. The SMILES string of the molecule is CC(=O)NC(CC(=O)NC(C)C(C)CO)c1ccccc1. The number of hydrogen-bond acceptors (Lipinski definition) is 3. The Balaban J connectivity index is 2.69. The van der Waals surface area contributed by atoms with Gasteiger partial charge in [-0.25, -0.2) is 0 Å². The Morgan fingerprint density at radius 3 is 2.29 bits per heavy atom. The van der Waals surface area contributed by atoms with Crippen LogP contribution in [0, 0.1) is 5.92 Å². The average Bonchev–Trinajstić information content (AvgIpc) is 2.46. The molecule has 1 aromatic carbocycles. The monoisotopic (exact) mass is 292 g/mol. The first kappa shape index (κ1) is 17.2. The molecule has 5 heteroatoms. The van der Waals surface area contributed by atoms with Crippen molar-refractivity contribution in [3.05, 3.63) is 35.9 Å². The van der Waals surface area contributed by atoms with Crippen molar-refractivity contribution in [3.8, 4) is 0 Å². The van der Waals surface area contributed by atoms with Gasteiger partial charge in [-0.2, -0.15) is 0 Å². The summed E-state index contributed by atoms with van der Waals surface area (Å²) in [5.74, 6) is -0.330. The van der Waals surface area contributed by atoms with Crippen molar-refractivity contribution in [2.75, 3.05) is 6.61 Å². The first-order valence-corrected chi connectivity index (χ1v) is 7.16. The van der Waals surface area contributed by atoms with Gasteiger partial charge in [0.15, 0.2) is 0 Å². The Kier molecular flexibility index (Phi) is 6.88. The molecular weight excluding hydrogens is 268 g/mol. The second-order valence-electron chi connectivity index (χ2n) is 5.38. The molecule has 0 aliphatic carbocycles. The van der Waals surface area contributed by atoms with Gasteiger partial charge >= 0.3 is 0 Å². The van der Waals surface area contributed by atoms with E-state index in [1.165, 1.54) is 6.92 Å². The third-order valence-corrected chi connectivity index (χ3v) is 3.50. The summed E-state index contributed by atoms with van der Waals surface area (Å²) in [7, 11) is 0. The predicted octanol–water partition coefficient (Wildman–Crippen LogP) is 1.39. The van der Waals surface area contributed by atoms with Crippen molar-refractivity contribution in [1.82, 2.24) is 10.6 Å². The predicted molar refractivity (Wildman–Crippen MR) is 81.5 cm³/mol. The standard InChI is InChI=1S/C16H24N2O3/c1-11(10-19)12(2)17-16(21)9-15(18-13(3)20)14-7-5-4-6-8-14/h4-8,11-12,15,19H,9-10H2,1-3H3,(H,17,21)(H,18,20). The summed E-state index contributed by atoms with van der Waals surface area (Å²) in [5, 5.41) is 14.7. The van der Waals surface area contributed by atoms with E-state index < -0.39 is 0 Å². The maximum Gasteiger partial charge on any atom is 0.222 e. The molecular formula is C16H24N2O3. The van der Waals surface area contributed by atoms with Crippen molar-refractivity contribution >= 4 is 11.8 Å².